The average Bonchev–Trinajstić information content (AvgIpc) is 1.90. The molecule has 0 heterocycles. The van der Waals surface area contributed by atoms with E-state index in [1.165, 1.54) is 9.13 Å². The van der Waals surface area contributed by atoms with Crippen LogP contribution in [0.4, 0.5) is 0 Å². The second-order valence-corrected chi connectivity index (χ2v) is 3.23. The predicted octanol–water partition coefficient (Wildman–Crippen LogP) is 2.85. The zero-order valence-electron chi connectivity index (χ0n) is 5.39. The van der Waals surface area contributed by atoms with Gasteiger partial charge in [0.15, 0.2) is 0 Å². The highest BCUT2D eigenvalue weighted by Gasteiger charge is 1.85. The van der Waals surface area contributed by atoms with Crippen LogP contribution in [0.15, 0.2) is 24.3 Å². The monoisotopic (exact) mass is 232 g/mol. The topological polar surface area (TPSA) is 0 Å². The summed E-state index contributed by atoms with van der Waals surface area (Å²) in [7, 11) is 0. The Bertz CT molecular complexity index is 176. The van der Waals surface area contributed by atoms with Gasteiger partial charge in [-0.15, -0.1) is 0 Å². The number of hydrogen-bond donors (Lipinski definition) is 0. The van der Waals surface area contributed by atoms with E-state index in [2.05, 4.69) is 53.8 Å². The first-order valence-corrected chi connectivity index (χ1v) is 4.15. The fourth-order valence-electron chi connectivity index (χ4n) is 0.720. The van der Waals surface area contributed by atoms with Crippen molar-refractivity contribution in [1.82, 2.24) is 0 Å². The molecule has 0 saturated heterocycles. The molecule has 1 aromatic rings. The fraction of sp³-hybridized carbons (Fsp3) is 0.250. The van der Waals surface area contributed by atoms with Crippen LogP contribution in [0.1, 0.15) is 12.5 Å². The van der Waals surface area contributed by atoms with Crippen molar-refractivity contribution in [2.24, 2.45) is 0 Å². The lowest BCUT2D eigenvalue weighted by Gasteiger charge is -1.93. The molecule has 0 unspecified atom stereocenters. The molecule has 0 aliphatic rings. The van der Waals surface area contributed by atoms with Crippen molar-refractivity contribution in [3.63, 3.8) is 0 Å². The number of aryl methyl sites for hydroxylation is 1. The van der Waals surface area contributed by atoms with Crippen LogP contribution in [0, 0.1) is 3.57 Å². The summed E-state index contributed by atoms with van der Waals surface area (Å²) in [5.74, 6) is 0. The van der Waals surface area contributed by atoms with Crippen LogP contribution < -0.4 is 0 Å². The largest absolute Gasteiger partial charge is 0.0613 e. The first-order valence-electron chi connectivity index (χ1n) is 3.07. The number of halogens is 1. The molecule has 9 heavy (non-hydrogen) atoms. The highest BCUT2D eigenvalue weighted by atomic mass is 127. The first-order chi connectivity index (χ1) is 4.33. The van der Waals surface area contributed by atoms with Crippen LogP contribution in [-0.4, -0.2) is 0 Å². The van der Waals surface area contributed by atoms with Crippen LogP contribution >= 0.6 is 22.6 Å². The van der Waals surface area contributed by atoms with E-state index < -0.39 is 0 Å². The van der Waals surface area contributed by atoms with Crippen molar-refractivity contribution in [2.45, 2.75) is 13.3 Å². The summed E-state index contributed by atoms with van der Waals surface area (Å²) < 4.78 is 1.31. The molecule has 0 fully saturated rings. The molecule has 0 nitrogen and oxygen atoms in total. The van der Waals surface area contributed by atoms with Gasteiger partial charge in [0.05, 0.1) is 0 Å². The van der Waals surface area contributed by atoms with Gasteiger partial charge in [0, 0.05) is 3.57 Å². The van der Waals surface area contributed by atoms with Gasteiger partial charge in [0.1, 0.15) is 0 Å². The standard InChI is InChI=1S/C8H9I/c1-2-7-3-5-8(9)6-4-7/h3-6H,2H2,1H3. The molecule has 0 aromatic heterocycles. The Kier molecular flexibility index (Phi) is 2.51. The third-order valence-electron chi connectivity index (χ3n) is 1.32. The van der Waals surface area contributed by atoms with Crippen LogP contribution in [0.5, 0.6) is 0 Å². The molecule has 0 atom stereocenters. The summed E-state index contributed by atoms with van der Waals surface area (Å²) in [6.07, 6.45) is 1.14. The van der Waals surface area contributed by atoms with E-state index in [0.717, 1.165) is 6.42 Å². The van der Waals surface area contributed by atoms with Gasteiger partial charge in [-0.1, -0.05) is 19.1 Å². The molecule has 48 valence electrons. The molecule has 0 bridgehead atoms. The molecule has 1 heteroatoms. The van der Waals surface area contributed by atoms with Crippen molar-refractivity contribution in [3.05, 3.63) is 33.4 Å². The Labute approximate surface area is 69.4 Å². The molecule has 0 amide bonds. The summed E-state index contributed by atoms with van der Waals surface area (Å²) in [5, 5.41) is 0. The maximum atomic E-state index is 2.31. The lowest BCUT2D eigenvalue weighted by atomic mass is 10.2. The molecule has 0 aliphatic heterocycles. The highest BCUT2D eigenvalue weighted by Crippen LogP contribution is 2.06. The fourth-order valence-corrected chi connectivity index (χ4v) is 1.08. The van der Waals surface area contributed by atoms with E-state index in [0.29, 0.717) is 0 Å². The van der Waals surface area contributed by atoms with Crippen molar-refractivity contribution >= 4 is 22.6 Å². The van der Waals surface area contributed by atoms with E-state index in [-0.39, 0.29) is 0 Å². The Morgan fingerprint density at radius 2 is 1.78 bits per heavy atom. The van der Waals surface area contributed by atoms with Gasteiger partial charge in [0.25, 0.3) is 0 Å². The normalized spacial score (nSPS) is 9.56. The van der Waals surface area contributed by atoms with Gasteiger partial charge in [-0.25, -0.2) is 0 Å². The molecule has 0 saturated carbocycles. The molecular formula is C8H9I. The van der Waals surface area contributed by atoms with Crippen LogP contribution in [0.3, 0.4) is 0 Å². The van der Waals surface area contributed by atoms with Crippen LogP contribution in [-0.2, 0) is 6.42 Å². The van der Waals surface area contributed by atoms with Gasteiger partial charge in [-0.3, -0.25) is 0 Å². The molecule has 0 spiro atoms. The summed E-state index contributed by atoms with van der Waals surface area (Å²) in [5.41, 5.74) is 1.41. The maximum absolute atomic E-state index is 2.31. The number of rotatable bonds is 1. The molecular weight excluding hydrogens is 223 g/mol. The van der Waals surface area contributed by atoms with E-state index in [9.17, 15) is 0 Å². The van der Waals surface area contributed by atoms with Crippen molar-refractivity contribution in [1.29, 1.82) is 0 Å². The zero-order chi connectivity index (χ0) is 6.69. The van der Waals surface area contributed by atoms with E-state index in [1.807, 2.05) is 0 Å². The van der Waals surface area contributed by atoms with E-state index in [4.69, 9.17) is 0 Å². The SMILES string of the molecule is CCc1ccc(I)cc1. The third-order valence-corrected chi connectivity index (χ3v) is 2.04. The minimum absolute atomic E-state index is 1.14. The Morgan fingerprint density at radius 1 is 1.22 bits per heavy atom. The predicted molar refractivity (Wildman–Crippen MR) is 48.5 cm³/mol. The lowest BCUT2D eigenvalue weighted by molar-refractivity contribution is 1.14. The van der Waals surface area contributed by atoms with E-state index in [1.54, 1.807) is 0 Å². The van der Waals surface area contributed by atoms with Gasteiger partial charge in [0.2, 0.25) is 0 Å². The molecule has 0 aliphatic carbocycles. The lowest BCUT2D eigenvalue weighted by Crippen LogP contribution is -1.77. The van der Waals surface area contributed by atoms with Gasteiger partial charge in [-0.2, -0.15) is 0 Å². The molecule has 1 rings (SSSR count). The summed E-state index contributed by atoms with van der Waals surface area (Å²) >= 11 is 2.31. The average molecular weight is 232 g/mol. The molecule has 0 N–H and O–H groups in total. The summed E-state index contributed by atoms with van der Waals surface area (Å²) in [6, 6.07) is 8.61. The Hall–Kier alpha value is -0.0500. The molecule has 0 radical (unpaired) electrons. The first kappa shape index (κ1) is 7.06. The second kappa shape index (κ2) is 3.20. The maximum Gasteiger partial charge on any atom is 0.0130 e. The quantitative estimate of drug-likeness (QED) is 0.653. The zero-order valence-corrected chi connectivity index (χ0v) is 7.55. The van der Waals surface area contributed by atoms with Crippen molar-refractivity contribution in [3.8, 4) is 0 Å². The van der Waals surface area contributed by atoms with Crippen LogP contribution in [0.2, 0.25) is 0 Å². The van der Waals surface area contributed by atoms with Crippen molar-refractivity contribution < 1.29 is 0 Å². The Balaban J connectivity index is 2.88. The van der Waals surface area contributed by atoms with Gasteiger partial charge in [-0.05, 0) is 46.7 Å². The Morgan fingerprint density at radius 3 is 2.22 bits per heavy atom. The molecule has 1 aromatic carbocycles. The highest BCUT2D eigenvalue weighted by molar-refractivity contribution is 14.1. The van der Waals surface area contributed by atoms with Gasteiger partial charge < -0.3 is 0 Å². The minimum Gasteiger partial charge on any atom is -0.0613 e. The smallest absolute Gasteiger partial charge is 0.0130 e. The number of benzene rings is 1. The summed E-state index contributed by atoms with van der Waals surface area (Å²) in [4.78, 5) is 0. The van der Waals surface area contributed by atoms with E-state index >= 15 is 0 Å². The third kappa shape index (κ3) is 1.97. The van der Waals surface area contributed by atoms with Crippen molar-refractivity contribution in [2.75, 3.05) is 0 Å². The minimum atomic E-state index is 1.14. The summed E-state index contributed by atoms with van der Waals surface area (Å²) in [6.45, 7) is 2.17. The van der Waals surface area contributed by atoms with Crippen LogP contribution in [0.25, 0.3) is 0 Å². The van der Waals surface area contributed by atoms with Gasteiger partial charge >= 0.3 is 0 Å². The second-order valence-electron chi connectivity index (χ2n) is 1.98. The number of hydrogen-bond acceptors (Lipinski definition) is 0.